The predicted octanol–water partition coefficient (Wildman–Crippen LogP) is 0.698. The van der Waals surface area contributed by atoms with Crippen LogP contribution in [0, 0.1) is 5.92 Å². The Morgan fingerprint density at radius 3 is 2.38 bits per heavy atom. The van der Waals surface area contributed by atoms with Crippen LogP contribution in [0.1, 0.15) is 23.7 Å². The minimum atomic E-state index is -3.71. The van der Waals surface area contributed by atoms with Crippen molar-refractivity contribution in [2.75, 3.05) is 32.9 Å². The van der Waals surface area contributed by atoms with E-state index in [1.54, 1.807) is 0 Å². The first-order valence-corrected chi connectivity index (χ1v) is 9.90. The summed E-state index contributed by atoms with van der Waals surface area (Å²) >= 11 is 0. The van der Waals surface area contributed by atoms with E-state index < -0.39 is 21.5 Å². The summed E-state index contributed by atoms with van der Waals surface area (Å²) in [7, 11) is -0.700. The summed E-state index contributed by atoms with van der Waals surface area (Å²) in [4.78, 5) is 25.3. The van der Waals surface area contributed by atoms with Gasteiger partial charge in [-0.05, 0) is 49.7 Å². The maximum absolute atomic E-state index is 12.3. The van der Waals surface area contributed by atoms with Crippen LogP contribution in [0.3, 0.4) is 0 Å². The van der Waals surface area contributed by atoms with Gasteiger partial charge in [-0.3, -0.25) is 9.59 Å². The Bertz CT molecular complexity index is 735. The molecule has 0 bridgehead atoms. The van der Waals surface area contributed by atoms with Crippen molar-refractivity contribution in [1.82, 2.24) is 15.5 Å². The summed E-state index contributed by atoms with van der Waals surface area (Å²) in [6.45, 7) is 3.81. The van der Waals surface area contributed by atoms with Crippen molar-refractivity contribution >= 4 is 34.1 Å². The van der Waals surface area contributed by atoms with Gasteiger partial charge >= 0.3 is 0 Å². The molecule has 7 nitrogen and oxygen atoms in total. The zero-order valence-corrected chi connectivity index (χ0v) is 16.8. The van der Waals surface area contributed by atoms with Crippen molar-refractivity contribution in [3.8, 4) is 0 Å². The molecule has 0 radical (unpaired) electrons. The number of hydrogen-bond donors (Lipinski definition) is 2. The van der Waals surface area contributed by atoms with Gasteiger partial charge in [-0.2, -0.15) is 0 Å². The van der Waals surface area contributed by atoms with E-state index in [-0.39, 0.29) is 29.3 Å². The lowest BCUT2D eigenvalue weighted by atomic mass is 9.95. The van der Waals surface area contributed by atoms with Crippen molar-refractivity contribution in [2.45, 2.75) is 24.3 Å². The Kier molecular flexibility index (Phi) is 8.05. The largest absolute Gasteiger partial charge is 0.349 e. The summed E-state index contributed by atoms with van der Waals surface area (Å²) in [5.41, 5.74) is 0.406. The molecule has 1 fully saturated rings. The fourth-order valence-corrected chi connectivity index (χ4v) is 3.97. The number of amides is 2. The Balaban J connectivity index is 0.00000338. The number of nitrogens with one attached hydrogen (secondary N) is 2. The van der Waals surface area contributed by atoms with E-state index in [2.05, 4.69) is 17.6 Å². The van der Waals surface area contributed by atoms with Gasteiger partial charge in [0.1, 0.15) is 5.75 Å². The van der Waals surface area contributed by atoms with E-state index in [4.69, 9.17) is 0 Å². The molecule has 1 heterocycles. The number of carbonyl (C=O) groups excluding carboxylic acids is 2. The lowest BCUT2D eigenvalue weighted by Gasteiger charge is -2.30. The third-order valence-electron chi connectivity index (χ3n) is 4.39. The molecule has 0 aromatic heterocycles. The molecule has 2 atom stereocenters. The van der Waals surface area contributed by atoms with E-state index in [0.29, 0.717) is 11.5 Å². The van der Waals surface area contributed by atoms with E-state index in [1.807, 2.05) is 0 Å². The first-order valence-electron chi connectivity index (χ1n) is 8.25. The molecule has 0 spiro atoms. The SMILES string of the molecule is CC1CNCCC1NC(=O)c1ccc(S(=O)(=O)CC(=O)N(C)C)cc1.Cl. The van der Waals surface area contributed by atoms with E-state index in [0.717, 1.165) is 19.5 Å². The molecule has 26 heavy (non-hydrogen) atoms. The number of benzene rings is 1. The van der Waals surface area contributed by atoms with Crippen LogP contribution >= 0.6 is 12.4 Å². The summed E-state index contributed by atoms with van der Waals surface area (Å²) in [5.74, 6) is -0.943. The fraction of sp³-hybridized carbons (Fsp3) is 0.529. The maximum atomic E-state index is 12.3. The lowest BCUT2D eigenvalue weighted by molar-refractivity contribution is -0.125. The van der Waals surface area contributed by atoms with E-state index in [9.17, 15) is 18.0 Å². The minimum Gasteiger partial charge on any atom is -0.349 e. The number of carbonyl (C=O) groups is 2. The summed E-state index contributed by atoms with van der Waals surface area (Å²) in [6.07, 6.45) is 0.867. The number of nitrogens with zero attached hydrogens (tertiary/aromatic N) is 1. The van der Waals surface area contributed by atoms with Crippen molar-refractivity contribution in [1.29, 1.82) is 0 Å². The van der Waals surface area contributed by atoms with Crippen LogP contribution in [0.25, 0.3) is 0 Å². The highest BCUT2D eigenvalue weighted by Crippen LogP contribution is 2.15. The van der Waals surface area contributed by atoms with Crippen LogP contribution in [-0.4, -0.2) is 64.1 Å². The van der Waals surface area contributed by atoms with Crippen LogP contribution < -0.4 is 10.6 Å². The van der Waals surface area contributed by atoms with Gasteiger partial charge in [0.15, 0.2) is 9.84 Å². The second kappa shape index (κ2) is 9.34. The molecule has 1 aromatic rings. The zero-order chi connectivity index (χ0) is 18.6. The molecule has 1 aliphatic rings. The van der Waals surface area contributed by atoms with Crippen molar-refractivity contribution in [2.24, 2.45) is 5.92 Å². The summed E-state index contributed by atoms with van der Waals surface area (Å²) < 4.78 is 24.5. The van der Waals surface area contributed by atoms with Crippen LogP contribution in [0.2, 0.25) is 0 Å². The molecule has 1 aromatic carbocycles. The third kappa shape index (κ3) is 5.69. The molecule has 2 amide bonds. The first-order chi connectivity index (χ1) is 11.7. The molecule has 2 unspecified atom stereocenters. The highest BCUT2D eigenvalue weighted by Gasteiger charge is 2.24. The van der Waals surface area contributed by atoms with Gasteiger partial charge in [-0.1, -0.05) is 6.92 Å². The third-order valence-corrected chi connectivity index (χ3v) is 6.01. The Hall–Kier alpha value is -1.64. The number of halogens is 1. The monoisotopic (exact) mass is 403 g/mol. The summed E-state index contributed by atoms with van der Waals surface area (Å²) in [6, 6.07) is 5.81. The highest BCUT2D eigenvalue weighted by molar-refractivity contribution is 7.92. The van der Waals surface area contributed by atoms with Crippen LogP contribution in [0.4, 0.5) is 0 Å². The molecule has 146 valence electrons. The maximum Gasteiger partial charge on any atom is 0.251 e. The molecular formula is C17H26ClN3O4S. The second-order valence-corrected chi connectivity index (χ2v) is 8.61. The zero-order valence-electron chi connectivity index (χ0n) is 15.2. The van der Waals surface area contributed by atoms with Gasteiger partial charge in [-0.15, -0.1) is 12.4 Å². The Morgan fingerprint density at radius 1 is 1.23 bits per heavy atom. The standard InChI is InChI=1S/C17H25N3O4S.ClH/c1-12-10-18-9-8-15(12)19-17(22)13-4-6-14(7-5-13)25(23,24)11-16(21)20(2)3;/h4-7,12,15,18H,8-11H2,1-3H3,(H,19,22);1H. The topological polar surface area (TPSA) is 95.6 Å². The lowest BCUT2D eigenvalue weighted by Crippen LogP contribution is -2.48. The number of hydrogen-bond acceptors (Lipinski definition) is 5. The molecular weight excluding hydrogens is 378 g/mol. The van der Waals surface area contributed by atoms with Gasteiger partial charge in [0.05, 0.1) is 4.90 Å². The second-order valence-electron chi connectivity index (χ2n) is 6.62. The van der Waals surface area contributed by atoms with Gasteiger partial charge in [0.2, 0.25) is 5.91 Å². The molecule has 2 rings (SSSR count). The van der Waals surface area contributed by atoms with Gasteiger partial charge in [-0.25, -0.2) is 8.42 Å². The van der Waals surface area contributed by atoms with Crippen LogP contribution in [0.15, 0.2) is 29.2 Å². The quantitative estimate of drug-likeness (QED) is 0.754. The Morgan fingerprint density at radius 2 is 1.85 bits per heavy atom. The number of piperidine rings is 1. The molecule has 0 saturated carbocycles. The van der Waals surface area contributed by atoms with Crippen LogP contribution in [0.5, 0.6) is 0 Å². The van der Waals surface area contributed by atoms with E-state index >= 15 is 0 Å². The molecule has 1 saturated heterocycles. The predicted molar refractivity (Wildman–Crippen MR) is 102 cm³/mol. The summed E-state index contributed by atoms with van der Waals surface area (Å²) in [5, 5.41) is 6.28. The van der Waals surface area contributed by atoms with Crippen LogP contribution in [-0.2, 0) is 14.6 Å². The normalized spacial score (nSPS) is 20.0. The van der Waals surface area contributed by atoms with Crippen molar-refractivity contribution in [3.05, 3.63) is 29.8 Å². The average Bonchev–Trinajstić information content (AvgIpc) is 2.56. The van der Waals surface area contributed by atoms with Crippen molar-refractivity contribution in [3.63, 3.8) is 0 Å². The molecule has 9 heteroatoms. The molecule has 0 aliphatic carbocycles. The first kappa shape index (κ1) is 22.4. The van der Waals surface area contributed by atoms with Gasteiger partial charge in [0, 0.05) is 25.7 Å². The number of sulfone groups is 1. The van der Waals surface area contributed by atoms with E-state index in [1.165, 1.54) is 43.3 Å². The molecule has 1 aliphatic heterocycles. The highest BCUT2D eigenvalue weighted by atomic mass is 35.5. The number of rotatable bonds is 5. The fourth-order valence-electron chi connectivity index (χ4n) is 2.67. The van der Waals surface area contributed by atoms with Gasteiger partial charge < -0.3 is 15.5 Å². The van der Waals surface area contributed by atoms with Gasteiger partial charge in [0.25, 0.3) is 5.91 Å². The smallest absolute Gasteiger partial charge is 0.251 e. The average molecular weight is 404 g/mol. The Labute approximate surface area is 160 Å². The molecule has 2 N–H and O–H groups in total. The van der Waals surface area contributed by atoms with Crippen molar-refractivity contribution < 1.29 is 18.0 Å². The minimum absolute atomic E-state index is 0.